The van der Waals surface area contributed by atoms with Gasteiger partial charge in [0.05, 0.1) is 11.7 Å². The van der Waals surface area contributed by atoms with Gasteiger partial charge in [0.25, 0.3) is 0 Å². The molecule has 3 aromatic rings. The average Bonchev–Trinajstić information content (AvgIpc) is 3.11. The van der Waals surface area contributed by atoms with Gasteiger partial charge < -0.3 is 20.7 Å². The highest BCUT2D eigenvalue weighted by atomic mass is 16.6. The highest BCUT2D eigenvalue weighted by molar-refractivity contribution is 5.89. The summed E-state index contributed by atoms with van der Waals surface area (Å²) in [6, 6.07) is 14.3. The number of aromatic nitrogens is 2. The van der Waals surface area contributed by atoms with Crippen LogP contribution in [0.15, 0.2) is 48.7 Å². The lowest BCUT2D eigenvalue weighted by molar-refractivity contribution is 0.0522. The number of hydrogen-bond acceptors (Lipinski definition) is 6. The van der Waals surface area contributed by atoms with Crippen LogP contribution in [0.4, 0.5) is 21.9 Å². The predicted octanol–water partition coefficient (Wildman–Crippen LogP) is 4.48. The number of carbonyl (C=O) groups is 1. The second-order valence-corrected chi connectivity index (χ2v) is 8.83. The molecule has 4 rings (SSSR count). The molecular weight excluding hydrogens is 378 g/mol. The fourth-order valence-electron chi connectivity index (χ4n) is 3.82. The Labute approximate surface area is 176 Å². The van der Waals surface area contributed by atoms with Crippen LogP contribution in [0.2, 0.25) is 0 Å². The van der Waals surface area contributed by atoms with Crippen molar-refractivity contribution in [1.82, 2.24) is 9.78 Å². The van der Waals surface area contributed by atoms with Crippen molar-refractivity contribution in [2.24, 2.45) is 0 Å². The maximum absolute atomic E-state index is 12.4. The van der Waals surface area contributed by atoms with Crippen LogP contribution in [-0.4, -0.2) is 40.6 Å². The zero-order valence-corrected chi connectivity index (χ0v) is 17.8. The SMILES string of the molecule is CC(C)(C)OC(=O)n1ncc2cc(NC3CCCN(c4ccc(N)cc4)C3)ccc21. The van der Waals surface area contributed by atoms with Gasteiger partial charge in [0.1, 0.15) is 5.60 Å². The molecule has 1 unspecified atom stereocenters. The summed E-state index contributed by atoms with van der Waals surface area (Å²) < 4.78 is 6.75. The predicted molar refractivity (Wildman–Crippen MR) is 121 cm³/mol. The molecule has 1 aliphatic heterocycles. The van der Waals surface area contributed by atoms with Gasteiger partial charge in [0.15, 0.2) is 0 Å². The number of piperidine rings is 1. The first-order valence-electron chi connectivity index (χ1n) is 10.4. The number of nitrogens with two attached hydrogens (primary N) is 1. The Hall–Kier alpha value is -3.22. The van der Waals surface area contributed by atoms with E-state index in [9.17, 15) is 4.79 Å². The van der Waals surface area contributed by atoms with Crippen LogP contribution in [-0.2, 0) is 4.74 Å². The highest BCUT2D eigenvalue weighted by Gasteiger charge is 2.22. The van der Waals surface area contributed by atoms with E-state index in [-0.39, 0.29) is 0 Å². The summed E-state index contributed by atoms with van der Waals surface area (Å²) >= 11 is 0. The minimum atomic E-state index is -0.561. The van der Waals surface area contributed by atoms with Gasteiger partial charge in [-0.3, -0.25) is 0 Å². The minimum absolute atomic E-state index is 0.342. The molecule has 0 spiro atoms. The molecule has 7 nitrogen and oxygen atoms in total. The molecule has 1 aromatic heterocycles. The summed E-state index contributed by atoms with van der Waals surface area (Å²) in [6.45, 7) is 7.51. The Morgan fingerprint density at radius 3 is 2.70 bits per heavy atom. The third-order valence-electron chi connectivity index (χ3n) is 5.18. The molecule has 3 N–H and O–H groups in total. The van der Waals surface area contributed by atoms with Crippen LogP contribution in [0.5, 0.6) is 0 Å². The number of nitrogens with zero attached hydrogens (tertiary/aromatic N) is 3. The minimum Gasteiger partial charge on any atom is -0.442 e. The first kappa shape index (κ1) is 20.1. The topological polar surface area (TPSA) is 85.4 Å². The Balaban J connectivity index is 1.46. The maximum Gasteiger partial charge on any atom is 0.435 e. The highest BCUT2D eigenvalue weighted by Crippen LogP contribution is 2.25. The fraction of sp³-hybridized carbons (Fsp3) is 0.391. The van der Waals surface area contributed by atoms with Crippen molar-refractivity contribution in [1.29, 1.82) is 0 Å². The second kappa shape index (κ2) is 7.89. The van der Waals surface area contributed by atoms with Crippen molar-refractivity contribution < 1.29 is 9.53 Å². The number of nitrogen functional groups attached to an aromatic ring is 1. The average molecular weight is 408 g/mol. The monoisotopic (exact) mass is 407 g/mol. The van der Waals surface area contributed by atoms with Crippen molar-refractivity contribution in [3.8, 4) is 0 Å². The maximum atomic E-state index is 12.4. The van der Waals surface area contributed by atoms with Crippen molar-refractivity contribution in [2.45, 2.75) is 45.3 Å². The largest absolute Gasteiger partial charge is 0.442 e. The number of carbonyl (C=O) groups excluding carboxylic acids is 1. The quantitative estimate of drug-likeness (QED) is 0.623. The molecule has 7 heteroatoms. The zero-order chi connectivity index (χ0) is 21.3. The fourth-order valence-corrected chi connectivity index (χ4v) is 3.82. The molecule has 0 saturated carbocycles. The van der Waals surface area contributed by atoms with Crippen LogP contribution < -0.4 is 16.0 Å². The lowest BCUT2D eigenvalue weighted by atomic mass is 10.0. The number of ether oxygens (including phenoxy) is 1. The molecule has 158 valence electrons. The van der Waals surface area contributed by atoms with Crippen LogP contribution in [0, 0.1) is 0 Å². The first-order valence-corrected chi connectivity index (χ1v) is 10.4. The molecule has 0 aliphatic carbocycles. The summed E-state index contributed by atoms with van der Waals surface area (Å²) in [5.41, 5.74) is 9.00. The molecular formula is C23H29N5O2. The van der Waals surface area contributed by atoms with E-state index >= 15 is 0 Å². The number of rotatable bonds is 3. The van der Waals surface area contributed by atoms with E-state index in [1.165, 1.54) is 10.4 Å². The number of fused-ring (bicyclic) bond motifs is 1. The third-order valence-corrected chi connectivity index (χ3v) is 5.18. The van der Waals surface area contributed by atoms with E-state index in [0.29, 0.717) is 6.04 Å². The van der Waals surface area contributed by atoms with Gasteiger partial charge in [-0.15, -0.1) is 0 Å². The zero-order valence-electron chi connectivity index (χ0n) is 17.8. The lowest BCUT2D eigenvalue weighted by Crippen LogP contribution is -2.42. The number of anilines is 3. The summed E-state index contributed by atoms with van der Waals surface area (Å²) in [7, 11) is 0. The van der Waals surface area contributed by atoms with Gasteiger partial charge in [0, 0.05) is 41.6 Å². The van der Waals surface area contributed by atoms with Crippen molar-refractivity contribution in [3.05, 3.63) is 48.7 Å². The van der Waals surface area contributed by atoms with Crippen LogP contribution in [0.1, 0.15) is 33.6 Å². The molecule has 0 amide bonds. The van der Waals surface area contributed by atoms with Crippen LogP contribution >= 0.6 is 0 Å². The van der Waals surface area contributed by atoms with Gasteiger partial charge >= 0.3 is 6.09 Å². The summed E-state index contributed by atoms with van der Waals surface area (Å²) in [5, 5.41) is 8.76. The smallest absolute Gasteiger partial charge is 0.435 e. The van der Waals surface area contributed by atoms with Gasteiger partial charge in [-0.25, -0.2) is 4.79 Å². The Bertz CT molecular complexity index is 1040. The van der Waals surface area contributed by atoms with E-state index in [4.69, 9.17) is 10.5 Å². The summed E-state index contributed by atoms with van der Waals surface area (Å²) in [6.07, 6.45) is 3.47. The van der Waals surface area contributed by atoms with E-state index in [1.54, 1.807) is 6.20 Å². The molecule has 2 aromatic carbocycles. The third kappa shape index (κ3) is 4.50. The molecule has 1 saturated heterocycles. The Morgan fingerprint density at radius 2 is 1.97 bits per heavy atom. The second-order valence-electron chi connectivity index (χ2n) is 8.83. The molecule has 1 aliphatic rings. The molecule has 30 heavy (non-hydrogen) atoms. The molecule has 1 atom stereocenters. The molecule has 0 bridgehead atoms. The normalized spacial score (nSPS) is 17.2. The van der Waals surface area contributed by atoms with E-state index in [2.05, 4.69) is 27.4 Å². The van der Waals surface area contributed by atoms with Crippen molar-refractivity contribution in [2.75, 3.05) is 29.0 Å². The van der Waals surface area contributed by atoms with Gasteiger partial charge in [-0.1, -0.05) is 0 Å². The van der Waals surface area contributed by atoms with Crippen LogP contribution in [0.3, 0.4) is 0 Å². The molecule has 2 heterocycles. The Kier molecular flexibility index (Phi) is 5.28. The number of hydrogen-bond donors (Lipinski definition) is 2. The van der Waals surface area contributed by atoms with Gasteiger partial charge in [-0.2, -0.15) is 9.78 Å². The lowest BCUT2D eigenvalue weighted by Gasteiger charge is -2.35. The summed E-state index contributed by atoms with van der Waals surface area (Å²) in [4.78, 5) is 14.8. The summed E-state index contributed by atoms with van der Waals surface area (Å²) in [5.74, 6) is 0. The van der Waals surface area contributed by atoms with Crippen molar-refractivity contribution in [3.63, 3.8) is 0 Å². The van der Waals surface area contributed by atoms with Crippen LogP contribution in [0.25, 0.3) is 10.9 Å². The number of nitrogens with one attached hydrogen (secondary N) is 1. The molecule has 0 radical (unpaired) electrons. The van der Waals surface area contributed by atoms with E-state index in [1.807, 2.05) is 51.1 Å². The van der Waals surface area contributed by atoms with E-state index < -0.39 is 11.7 Å². The van der Waals surface area contributed by atoms with Crippen molar-refractivity contribution >= 4 is 34.1 Å². The number of benzene rings is 2. The van der Waals surface area contributed by atoms with Gasteiger partial charge in [0.2, 0.25) is 0 Å². The molecule has 1 fully saturated rings. The van der Waals surface area contributed by atoms with E-state index in [0.717, 1.165) is 48.2 Å². The Morgan fingerprint density at radius 1 is 1.20 bits per heavy atom. The standard InChI is InChI=1S/C23H29N5O2/c1-23(2,3)30-22(29)28-21-11-8-18(13-16(21)14-25-28)26-19-5-4-12-27(15-19)20-9-6-17(24)7-10-20/h6-11,13-14,19,26H,4-5,12,15,24H2,1-3H3. The first-order chi connectivity index (χ1) is 14.3. The van der Waals surface area contributed by atoms with Gasteiger partial charge in [-0.05, 0) is 76.1 Å².